The van der Waals surface area contributed by atoms with Crippen molar-refractivity contribution in [3.63, 3.8) is 0 Å². The number of pyridine rings is 1. The highest BCUT2D eigenvalue weighted by atomic mass is 79.9. The minimum atomic E-state index is -0.276. The Morgan fingerprint density at radius 2 is 2.15 bits per heavy atom. The number of hydrogen-bond donors (Lipinski definition) is 1. The minimum absolute atomic E-state index is 0.115. The van der Waals surface area contributed by atoms with Crippen LogP contribution in [-0.4, -0.2) is 16.7 Å². The molecule has 0 saturated heterocycles. The van der Waals surface area contributed by atoms with E-state index in [2.05, 4.69) is 26.2 Å². The number of fused-ring (bicyclic) bond motifs is 1. The molecule has 0 spiro atoms. The molecule has 4 nitrogen and oxygen atoms in total. The maximum atomic E-state index is 11.3. The lowest BCUT2D eigenvalue weighted by atomic mass is 10.1. The van der Waals surface area contributed by atoms with Crippen LogP contribution in [0.1, 0.15) is 16.9 Å². The minimum Gasteiger partial charge on any atom is -0.324 e. The van der Waals surface area contributed by atoms with Crippen LogP contribution in [0.25, 0.3) is 0 Å². The van der Waals surface area contributed by atoms with Crippen molar-refractivity contribution >= 4 is 33.3 Å². The quantitative estimate of drug-likeness (QED) is 0.551. The fraction of sp³-hybridized carbons (Fsp3) is 0.125. The third-order valence-corrected chi connectivity index (χ3v) is 2.16. The first-order chi connectivity index (χ1) is 6.16. The van der Waals surface area contributed by atoms with Crippen LogP contribution in [-0.2, 0) is 4.79 Å². The molecule has 1 aromatic heterocycles. The number of nitrogens with one attached hydrogen (secondary N) is 1. The van der Waals surface area contributed by atoms with Gasteiger partial charge in [-0.15, -0.1) is 0 Å². The predicted octanol–water partition coefficient (Wildman–Crippen LogP) is 1.37. The number of carbonyl (C=O) groups excluding carboxylic acids is 2. The molecule has 0 unspecified atom stereocenters. The fourth-order valence-corrected chi connectivity index (χ4v) is 1.48. The Morgan fingerprint density at radius 3 is 2.92 bits per heavy atom. The normalized spacial score (nSPS) is 15.2. The molecule has 0 radical (unpaired) electrons. The van der Waals surface area contributed by atoms with Gasteiger partial charge in [0.25, 0.3) is 0 Å². The number of rotatable bonds is 0. The van der Waals surface area contributed by atoms with Gasteiger partial charge in [-0.2, -0.15) is 0 Å². The van der Waals surface area contributed by atoms with Crippen LogP contribution in [0.4, 0.5) is 5.69 Å². The molecule has 2 heterocycles. The van der Waals surface area contributed by atoms with Gasteiger partial charge in [0.05, 0.1) is 12.1 Å². The molecule has 1 aromatic rings. The summed E-state index contributed by atoms with van der Waals surface area (Å²) in [6.45, 7) is 0. The predicted molar refractivity (Wildman–Crippen MR) is 49.5 cm³/mol. The summed E-state index contributed by atoms with van der Waals surface area (Å²) in [6, 6.07) is 3.33. The summed E-state index contributed by atoms with van der Waals surface area (Å²) in [6.07, 6.45) is -0.115. The van der Waals surface area contributed by atoms with Crippen LogP contribution in [0, 0.1) is 0 Å². The van der Waals surface area contributed by atoms with Gasteiger partial charge in [-0.1, -0.05) is 0 Å². The standard InChI is InChI=1S/C8H5BrN2O2/c9-6-2-1-4-8(11-6)5(12)3-7(13)10-4/h1-2H,3H2,(H,10,13). The second kappa shape index (κ2) is 2.92. The number of anilines is 1. The van der Waals surface area contributed by atoms with E-state index in [4.69, 9.17) is 0 Å². The van der Waals surface area contributed by atoms with Gasteiger partial charge in [0.1, 0.15) is 10.3 Å². The largest absolute Gasteiger partial charge is 0.324 e. The number of carbonyl (C=O) groups is 2. The maximum absolute atomic E-state index is 11.3. The summed E-state index contributed by atoms with van der Waals surface area (Å²) in [7, 11) is 0. The van der Waals surface area contributed by atoms with Crippen molar-refractivity contribution in [2.75, 3.05) is 5.32 Å². The van der Waals surface area contributed by atoms with E-state index in [1.54, 1.807) is 12.1 Å². The number of ketones is 1. The zero-order valence-corrected chi connectivity index (χ0v) is 8.09. The molecule has 1 aliphatic heterocycles. The van der Waals surface area contributed by atoms with Crippen LogP contribution in [0.15, 0.2) is 16.7 Å². The van der Waals surface area contributed by atoms with Crippen LogP contribution in [0.2, 0.25) is 0 Å². The molecule has 0 saturated carbocycles. The number of nitrogens with zero attached hydrogens (tertiary/aromatic N) is 1. The second-order valence-electron chi connectivity index (χ2n) is 2.68. The van der Waals surface area contributed by atoms with E-state index in [9.17, 15) is 9.59 Å². The third kappa shape index (κ3) is 1.47. The van der Waals surface area contributed by atoms with Crippen molar-refractivity contribution in [2.24, 2.45) is 0 Å². The van der Waals surface area contributed by atoms with Crippen molar-refractivity contribution in [2.45, 2.75) is 6.42 Å². The van der Waals surface area contributed by atoms with Crippen molar-refractivity contribution in [1.29, 1.82) is 0 Å². The first-order valence-corrected chi connectivity index (χ1v) is 4.46. The smallest absolute Gasteiger partial charge is 0.232 e. The maximum Gasteiger partial charge on any atom is 0.232 e. The molecular formula is C8H5BrN2O2. The van der Waals surface area contributed by atoms with Gasteiger partial charge < -0.3 is 5.32 Å². The van der Waals surface area contributed by atoms with E-state index in [-0.39, 0.29) is 18.1 Å². The first kappa shape index (κ1) is 8.37. The second-order valence-corrected chi connectivity index (χ2v) is 3.49. The molecule has 0 aromatic carbocycles. The highest BCUT2D eigenvalue weighted by molar-refractivity contribution is 9.10. The van der Waals surface area contributed by atoms with Crippen molar-refractivity contribution < 1.29 is 9.59 Å². The summed E-state index contributed by atoms with van der Waals surface area (Å²) in [5.74, 6) is -0.512. The summed E-state index contributed by atoms with van der Waals surface area (Å²) in [4.78, 5) is 26.2. The molecule has 2 rings (SSSR count). The van der Waals surface area contributed by atoms with Crippen LogP contribution >= 0.6 is 15.9 Å². The first-order valence-electron chi connectivity index (χ1n) is 3.66. The molecule has 0 atom stereocenters. The van der Waals surface area contributed by atoms with E-state index in [1.165, 1.54) is 0 Å². The van der Waals surface area contributed by atoms with Gasteiger partial charge in [0.15, 0.2) is 5.78 Å². The molecular weight excluding hydrogens is 236 g/mol. The van der Waals surface area contributed by atoms with Gasteiger partial charge in [-0.3, -0.25) is 9.59 Å². The molecule has 0 bridgehead atoms. The number of aromatic nitrogens is 1. The Morgan fingerprint density at radius 1 is 1.38 bits per heavy atom. The molecule has 13 heavy (non-hydrogen) atoms. The highest BCUT2D eigenvalue weighted by Gasteiger charge is 2.23. The number of halogens is 1. The topological polar surface area (TPSA) is 59.1 Å². The Hall–Kier alpha value is -1.23. The lowest BCUT2D eigenvalue weighted by Crippen LogP contribution is -2.25. The van der Waals surface area contributed by atoms with Gasteiger partial charge in [0, 0.05) is 0 Å². The van der Waals surface area contributed by atoms with E-state index < -0.39 is 0 Å². The third-order valence-electron chi connectivity index (χ3n) is 1.72. The molecule has 0 aliphatic carbocycles. The molecule has 5 heteroatoms. The fourth-order valence-electron chi connectivity index (χ4n) is 1.17. The van der Waals surface area contributed by atoms with Gasteiger partial charge in [-0.05, 0) is 28.1 Å². The Labute approximate surface area is 82.5 Å². The van der Waals surface area contributed by atoms with E-state index in [1.807, 2.05) is 0 Å². The Kier molecular flexibility index (Phi) is 1.88. The summed E-state index contributed by atoms with van der Waals surface area (Å²) >= 11 is 3.16. The summed E-state index contributed by atoms with van der Waals surface area (Å²) in [5.41, 5.74) is 0.818. The number of Topliss-reactive ketones (excluding diaryl/α,β-unsaturated/α-hetero) is 1. The lowest BCUT2D eigenvalue weighted by Gasteiger charge is -2.14. The highest BCUT2D eigenvalue weighted by Crippen LogP contribution is 2.22. The molecule has 0 fully saturated rings. The zero-order valence-electron chi connectivity index (χ0n) is 6.50. The average molecular weight is 241 g/mol. The summed E-state index contributed by atoms with van der Waals surface area (Å²) in [5, 5.41) is 2.57. The monoisotopic (exact) mass is 240 g/mol. The van der Waals surface area contributed by atoms with Crippen LogP contribution < -0.4 is 5.32 Å². The average Bonchev–Trinajstić information content (AvgIpc) is 2.06. The van der Waals surface area contributed by atoms with Crippen LogP contribution in [0.3, 0.4) is 0 Å². The zero-order chi connectivity index (χ0) is 9.42. The van der Waals surface area contributed by atoms with Crippen molar-refractivity contribution in [1.82, 2.24) is 4.98 Å². The van der Waals surface area contributed by atoms with Crippen LogP contribution in [0.5, 0.6) is 0 Å². The van der Waals surface area contributed by atoms with E-state index in [0.29, 0.717) is 16.0 Å². The van der Waals surface area contributed by atoms with E-state index in [0.717, 1.165) is 0 Å². The molecule has 66 valence electrons. The van der Waals surface area contributed by atoms with Gasteiger partial charge in [-0.25, -0.2) is 4.98 Å². The number of hydrogen-bond acceptors (Lipinski definition) is 3. The summed E-state index contributed by atoms with van der Waals surface area (Å²) < 4.78 is 0.593. The number of amides is 1. The molecule has 1 aliphatic rings. The SMILES string of the molecule is O=C1CC(=O)c2nc(Br)ccc2N1. The Balaban J connectivity index is 2.55. The van der Waals surface area contributed by atoms with Gasteiger partial charge >= 0.3 is 0 Å². The molecule has 1 amide bonds. The molecule has 1 N–H and O–H groups in total. The van der Waals surface area contributed by atoms with E-state index >= 15 is 0 Å². The van der Waals surface area contributed by atoms with Crippen molar-refractivity contribution in [3.05, 3.63) is 22.4 Å². The van der Waals surface area contributed by atoms with Crippen molar-refractivity contribution in [3.8, 4) is 0 Å². The lowest BCUT2D eigenvalue weighted by molar-refractivity contribution is -0.115. The Bertz CT molecular complexity index is 403. The van der Waals surface area contributed by atoms with Gasteiger partial charge in [0.2, 0.25) is 5.91 Å².